The third-order valence-electron chi connectivity index (χ3n) is 2.67. The van der Waals surface area contributed by atoms with Gasteiger partial charge in [-0.2, -0.15) is 0 Å². The van der Waals surface area contributed by atoms with E-state index in [1.54, 1.807) is 11.3 Å². The lowest BCUT2D eigenvalue weighted by Gasteiger charge is -2.22. The summed E-state index contributed by atoms with van der Waals surface area (Å²) < 4.78 is 0. The van der Waals surface area contributed by atoms with Gasteiger partial charge >= 0.3 is 0 Å². The Balaban J connectivity index is 2.59. The molecule has 96 valence electrons. The van der Waals surface area contributed by atoms with Gasteiger partial charge in [0.15, 0.2) is 0 Å². The topological polar surface area (TPSA) is 83.5 Å². The number of nitrogens with two attached hydrogens (primary N) is 1. The lowest BCUT2D eigenvalue weighted by molar-refractivity contribution is 0.314. The second-order valence-electron chi connectivity index (χ2n) is 3.90. The minimum atomic E-state index is 0.208. The first-order valence-corrected chi connectivity index (χ1v) is 6.71. The zero-order valence-corrected chi connectivity index (χ0v) is 11.1. The molecule has 1 aromatic heterocycles. The molecule has 1 rings (SSSR count). The lowest BCUT2D eigenvalue weighted by atomic mass is 10.1. The van der Waals surface area contributed by atoms with Crippen molar-refractivity contribution in [2.24, 2.45) is 10.9 Å². The van der Waals surface area contributed by atoms with Gasteiger partial charge in [0.2, 0.25) is 0 Å². The van der Waals surface area contributed by atoms with Crippen molar-refractivity contribution >= 4 is 17.2 Å². The molecule has 0 spiro atoms. The average Bonchev–Trinajstić information content (AvgIpc) is 2.87. The molecular formula is C11H20N4OS. The summed E-state index contributed by atoms with van der Waals surface area (Å²) in [5, 5.41) is 18.2. The molecule has 0 bridgehead atoms. The van der Waals surface area contributed by atoms with Gasteiger partial charge in [0.05, 0.1) is 6.04 Å². The van der Waals surface area contributed by atoms with E-state index >= 15 is 0 Å². The molecule has 0 aromatic carbocycles. The Kier molecular flexibility index (Phi) is 5.93. The molecule has 1 heterocycles. The third-order valence-corrected chi connectivity index (χ3v) is 3.56. The molecule has 0 saturated carbocycles. The van der Waals surface area contributed by atoms with Crippen LogP contribution in [0.1, 0.15) is 44.2 Å². The Morgan fingerprint density at radius 1 is 1.59 bits per heavy atom. The van der Waals surface area contributed by atoms with Crippen molar-refractivity contribution in [1.29, 1.82) is 0 Å². The van der Waals surface area contributed by atoms with Crippen LogP contribution >= 0.6 is 11.3 Å². The Morgan fingerprint density at radius 2 is 2.35 bits per heavy atom. The molecular weight excluding hydrogens is 236 g/mol. The molecule has 0 radical (unpaired) electrons. The SMILES string of the molecule is CCC(CC(N)=NO)NC(CC)c1nccs1. The Bertz CT molecular complexity index is 339. The van der Waals surface area contributed by atoms with Crippen LogP contribution in [0.4, 0.5) is 0 Å². The number of hydrogen-bond acceptors (Lipinski definition) is 5. The normalized spacial score (nSPS) is 15.8. The summed E-state index contributed by atoms with van der Waals surface area (Å²) in [6.45, 7) is 4.20. The number of nitrogens with zero attached hydrogens (tertiary/aromatic N) is 2. The molecule has 0 fully saturated rings. The Hall–Kier alpha value is -1.14. The van der Waals surface area contributed by atoms with Gasteiger partial charge in [-0.3, -0.25) is 0 Å². The van der Waals surface area contributed by atoms with Crippen molar-refractivity contribution < 1.29 is 5.21 Å². The van der Waals surface area contributed by atoms with Crippen LogP contribution in [0.2, 0.25) is 0 Å². The summed E-state index contributed by atoms with van der Waals surface area (Å²) in [6.07, 6.45) is 4.27. The quantitative estimate of drug-likeness (QED) is 0.302. The van der Waals surface area contributed by atoms with E-state index in [9.17, 15) is 0 Å². The van der Waals surface area contributed by atoms with Crippen LogP contribution in [0.5, 0.6) is 0 Å². The number of amidine groups is 1. The predicted molar refractivity (Wildman–Crippen MR) is 70.4 cm³/mol. The van der Waals surface area contributed by atoms with Crippen LogP contribution in [0.25, 0.3) is 0 Å². The Labute approximate surface area is 106 Å². The zero-order valence-electron chi connectivity index (χ0n) is 10.3. The fourth-order valence-corrected chi connectivity index (χ4v) is 2.45. The van der Waals surface area contributed by atoms with E-state index in [4.69, 9.17) is 10.9 Å². The average molecular weight is 256 g/mol. The first-order chi connectivity index (χ1) is 8.21. The highest BCUT2D eigenvalue weighted by molar-refractivity contribution is 7.09. The maximum Gasteiger partial charge on any atom is 0.140 e. The van der Waals surface area contributed by atoms with Crippen LogP contribution in [-0.2, 0) is 0 Å². The molecule has 2 atom stereocenters. The summed E-state index contributed by atoms with van der Waals surface area (Å²) >= 11 is 1.65. The summed E-state index contributed by atoms with van der Waals surface area (Å²) in [5.74, 6) is 0.262. The highest BCUT2D eigenvalue weighted by Crippen LogP contribution is 2.20. The van der Waals surface area contributed by atoms with Crippen molar-refractivity contribution in [3.63, 3.8) is 0 Å². The summed E-state index contributed by atoms with van der Waals surface area (Å²) in [4.78, 5) is 4.32. The summed E-state index contributed by atoms with van der Waals surface area (Å²) in [7, 11) is 0. The minimum Gasteiger partial charge on any atom is -0.409 e. The van der Waals surface area contributed by atoms with Crippen LogP contribution in [0, 0.1) is 0 Å². The van der Waals surface area contributed by atoms with Crippen molar-refractivity contribution in [1.82, 2.24) is 10.3 Å². The second kappa shape index (κ2) is 7.24. The molecule has 0 aliphatic carbocycles. The number of aromatic nitrogens is 1. The number of thiazole rings is 1. The van der Waals surface area contributed by atoms with E-state index in [-0.39, 0.29) is 17.9 Å². The third kappa shape index (κ3) is 4.32. The highest BCUT2D eigenvalue weighted by Gasteiger charge is 2.17. The minimum absolute atomic E-state index is 0.208. The van der Waals surface area contributed by atoms with Gasteiger partial charge in [-0.05, 0) is 12.8 Å². The van der Waals surface area contributed by atoms with Gasteiger partial charge in [-0.1, -0.05) is 19.0 Å². The van der Waals surface area contributed by atoms with Crippen LogP contribution in [0.15, 0.2) is 16.7 Å². The molecule has 0 aliphatic rings. The molecule has 0 amide bonds. The van der Waals surface area contributed by atoms with E-state index in [2.05, 4.69) is 29.3 Å². The fourth-order valence-electron chi connectivity index (χ4n) is 1.67. The van der Waals surface area contributed by atoms with Crippen molar-refractivity contribution in [3.8, 4) is 0 Å². The largest absolute Gasteiger partial charge is 0.409 e. The van der Waals surface area contributed by atoms with Gasteiger partial charge in [0, 0.05) is 24.0 Å². The molecule has 17 heavy (non-hydrogen) atoms. The lowest BCUT2D eigenvalue weighted by Crippen LogP contribution is -2.35. The number of hydrogen-bond donors (Lipinski definition) is 3. The van der Waals surface area contributed by atoms with E-state index < -0.39 is 0 Å². The summed E-state index contributed by atoms with van der Waals surface area (Å²) in [6, 6.07) is 0.450. The van der Waals surface area contributed by atoms with Crippen LogP contribution in [-0.4, -0.2) is 22.1 Å². The molecule has 4 N–H and O–H groups in total. The predicted octanol–water partition coefficient (Wildman–Crippen LogP) is 2.10. The van der Waals surface area contributed by atoms with Gasteiger partial charge in [-0.15, -0.1) is 11.3 Å². The molecule has 1 aromatic rings. The van der Waals surface area contributed by atoms with E-state index in [0.717, 1.165) is 17.8 Å². The van der Waals surface area contributed by atoms with Gasteiger partial charge in [0.25, 0.3) is 0 Å². The van der Waals surface area contributed by atoms with Crippen molar-refractivity contribution in [3.05, 3.63) is 16.6 Å². The van der Waals surface area contributed by atoms with Crippen molar-refractivity contribution in [2.75, 3.05) is 0 Å². The van der Waals surface area contributed by atoms with E-state index in [0.29, 0.717) is 6.42 Å². The van der Waals surface area contributed by atoms with E-state index in [1.165, 1.54) is 0 Å². The van der Waals surface area contributed by atoms with Gasteiger partial charge < -0.3 is 16.3 Å². The molecule has 5 nitrogen and oxygen atoms in total. The van der Waals surface area contributed by atoms with E-state index in [1.807, 2.05) is 11.6 Å². The fraction of sp³-hybridized carbons (Fsp3) is 0.636. The van der Waals surface area contributed by atoms with Crippen molar-refractivity contribution in [2.45, 2.75) is 45.2 Å². The first-order valence-electron chi connectivity index (χ1n) is 5.83. The number of oxime groups is 1. The molecule has 6 heteroatoms. The maximum atomic E-state index is 8.58. The second-order valence-corrected chi connectivity index (χ2v) is 4.82. The maximum absolute atomic E-state index is 8.58. The molecule has 0 saturated heterocycles. The Morgan fingerprint density at radius 3 is 2.82 bits per heavy atom. The molecule has 2 unspecified atom stereocenters. The van der Waals surface area contributed by atoms with Crippen LogP contribution < -0.4 is 11.1 Å². The zero-order chi connectivity index (χ0) is 12.7. The monoisotopic (exact) mass is 256 g/mol. The van der Waals surface area contributed by atoms with Gasteiger partial charge in [0.1, 0.15) is 10.8 Å². The first kappa shape index (κ1) is 13.9. The highest BCUT2D eigenvalue weighted by atomic mass is 32.1. The smallest absolute Gasteiger partial charge is 0.140 e. The number of rotatable bonds is 7. The summed E-state index contributed by atoms with van der Waals surface area (Å²) in [5.41, 5.74) is 5.53. The van der Waals surface area contributed by atoms with Gasteiger partial charge in [-0.25, -0.2) is 4.98 Å². The standard InChI is InChI=1S/C11H20N4OS/c1-3-8(7-10(12)15-16)14-9(4-2)11-13-5-6-17-11/h5-6,8-9,14,16H,3-4,7H2,1-2H3,(H2,12,15). The molecule has 0 aliphatic heterocycles. The number of nitrogens with one attached hydrogen (secondary N) is 1. The van der Waals surface area contributed by atoms with Crippen LogP contribution in [0.3, 0.4) is 0 Å².